The van der Waals surface area contributed by atoms with Crippen molar-refractivity contribution in [3.8, 4) is 11.4 Å². The third-order valence-electron chi connectivity index (χ3n) is 6.81. The average molecular weight is 527 g/mol. The largest absolute Gasteiger partial charge is 1.00 e. The number of benzene rings is 3. The zero-order valence-corrected chi connectivity index (χ0v) is 23.2. The molecule has 0 bridgehead atoms. The summed E-state index contributed by atoms with van der Waals surface area (Å²) in [6.07, 6.45) is 2.70. The summed E-state index contributed by atoms with van der Waals surface area (Å²) in [5.41, 5.74) is 5.50. The molecule has 0 atom stereocenters. The van der Waals surface area contributed by atoms with Crippen molar-refractivity contribution in [2.75, 3.05) is 11.4 Å². The number of hydrogen-bond acceptors (Lipinski definition) is 5. The summed E-state index contributed by atoms with van der Waals surface area (Å²) in [6.45, 7) is 1.51. The standard InChI is InChI=1S/C26H22Cl2N6O.Na/c27-21-9-4-16(14-22(21)28)15-34-13-10-17-2-1-3-20(23(17)34)25(35)29-26(11-12-26)19-7-5-18(6-8-19)24-30-32-33-31-24;/h1-9,14H,10-13,15H2,(H2,29,30,31,32,33,35);/q;+1/p-1. The first-order valence-corrected chi connectivity index (χ1v) is 12.2. The van der Waals surface area contributed by atoms with Gasteiger partial charge in [-0.25, -0.2) is 0 Å². The number of halogens is 2. The van der Waals surface area contributed by atoms with Crippen molar-refractivity contribution in [3.05, 3.63) is 93.0 Å². The van der Waals surface area contributed by atoms with E-state index in [2.05, 4.69) is 36.9 Å². The topological polar surface area (TPSA) is 85.1 Å². The summed E-state index contributed by atoms with van der Waals surface area (Å²) in [7, 11) is 0. The smallest absolute Gasteiger partial charge is 0.366 e. The molecule has 4 aromatic rings. The molecule has 0 radical (unpaired) electrons. The molecule has 7 nitrogen and oxygen atoms in total. The Morgan fingerprint density at radius 1 is 1.06 bits per heavy atom. The van der Waals surface area contributed by atoms with E-state index in [-0.39, 0.29) is 41.0 Å². The second-order valence-corrected chi connectivity index (χ2v) is 9.86. The first-order chi connectivity index (χ1) is 17.0. The van der Waals surface area contributed by atoms with Gasteiger partial charge in [0.25, 0.3) is 5.91 Å². The van der Waals surface area contributed by atoms with E-state index in [9.17, 15) is 4.79 Å². The molecule has 3 aromatic carbocycles. The van der Waals surface area contributed by atoms with Crippen molar-refractivity contribution in [2.24, 2.45) is 0 Å². The molecule has 1 saturated carbocycles. The van der Waals surface area contributed by atoms with Gasteiger partial charge in [0.1, 0.15) is 0 Å². The minimum absolute atomic E-state index is 0. The number of amides is 1. The summed E-state index contributed by atoms with van der Waals surface area (Å²) in [5, 5.41) is 19.3. The summed E-state index contributed by atoms with van der Waals surface area (Å²) in [6, 6.07) is 19.6. The Bertz CT molecular complexity index is 1410. The fourth-order valence-corrected chi connectivity index (χ4v) is 5.15. The fourth-order valence-electron chi connectivity index (χ4n) is 4.83. The SMILES string of the molecule is O=C(NC1(c2ccc(-c3nnn[n-]3)cc2)CC1)c1cccc2c1N(Cc1ccc(Cl)c(Cl)c1)CC2.[Na+]. The minimum Gasteiger partial charge on any atom is -0.366 e. The number of nitrogens with zero attached hydrogens (tertiary/aromatic N) is 5. The van der Waals surface area contributed by atoms with Crippen LogP contribution in [0, 0.1) is 0 Å². The van der Waals surface area contributed by atoms with Crippen LogP contribution in [0.2, 0.25) is 10.0 Å². The molecule has 0 saturated heterocycles. The van der Waals surface area contributed by atoms with Gasteiger partial charge in [0, 0.05) is 18.9 Å². The van der Waals surface area contributed by atoms with E-state index in [0.29, 0.717) is 28.0 Å². The maximum absolute atomic E-state index is 13.6. The average Bonchev–Trinajstić information content (AvgIpc) is 3.26. The molecule has 1 aliphatic heterocycles. The van der Waals surface area contributed by atoms with Crippen LogP contribution in [-0.4, -0.2) is 28.0 Å². The molecule has 0 spiro atoms. The van der Waals surface area contributed by atoms with Gasteiger partial charge in [-0.2, -0.15) is 5.21 Å². The molecule has 2 heterocycles. The van der Waals surface area contributed by atoms with E-state index in [1.807, 2.05) is 54.6 Å². The first-order valence-electron chi connectivity index (χ1n) is 11.5. The van der Waals surface area contributed by atoms with Gasteiger partial charge in [-0.3, -0.25) is 15.1 Å². The van der Waals surface area contributed by atoms with Gasteiger partial charge < -0.3 is 15.3 Å². The van der Waals surface area contributed by atoms with Crippen molar-refractivity contribution in [1.82, 2.24) is 25.9 Å². The van der Waals surface area contributed by atoms with E-state index in [1.165, 1.54) is 5.56 Å². The van der Waals surface area contributed by atoms with Crippen LogP contribution in [0.15, 0.2) is 60.7 Å². The number of nitrogens with one attached hydrogen (secondary N) is 1. The van der Waals surface area contributed by atoms with Crippen molar-refractivity contribution < 1.29 is 34.4 Å². The van der Waals surface area contributed by atoms with Gasteiger partial charge in [0.2, 0.25) is 0 Å². The number of tetrazole rings is 1. The molecular formula is C26H21Cl2N6NaO. The number of hydrogen-bond donors (Lipinski definition) is 1. The van der Waals surface area contributed by atoms with Crippen LogP contribution in [0.3, 0.4) is 0 Å². The molecule has 0 unspecified atom stereocenters. The van der Waals surface area contributed by atoms with Crippen molar-refractivity contribution in [3.63, 3.8) is 0 Å². The van der Waals surface area contributed by atoms with E-state index < -0.39 is 0 Å². The fraction of sp³-hybridized carbons (Fsp3) is 0.231. The van der Waals surface area contributed by atoms with Crippen LogP contribution >= 0.6 is 23.2 Å². The Kier molecular flexibility index (Phi) is 7.12. The summed E-state index contributed by atoms with van der Waals surface area (Å²) < 4.78 is 0. The third-order valence-corrected chi connectivity index (χ3v) is 7.55. The second-order valence-electron chi connectivity index (χ2n) is 9.05. The number of para-hydroxylation sites is 1. The molecule has 1 N–H and O–H groups in total. The molecule has 10 heteroatoms. The summed E-state index contributed by atoms with van der Waals surface area (Å²) in [5.74, 6) is 0.435. The number of carbonyl (C=O) groups is 1. The van der Waals surface area contributed by atoms with Crippen molar-refractivity contribution in [1.29, 1.82) is 0 Å². The van der Waals surface area contributed by atoms with Gasteiger partial charge in [-0.05, 0) is 59.7 Å². The van der Waals surface area contributed by atoms with Crippen LogP contribution in [0.25, 0.3) is 11.4 Å². The number of fused-ring (bicyclic) bond motifs is 1. The molecular weight excluding hydrogens is 506 g/mol. The first kappa shape index (κ1) is 25.2. The molecule has 2 aliphatic rings. The van der Waals surface area contributed by atoms with Crippen LogP contribution in [0.1, 0.15) is 39.9 Å². The predicted octanol–water partition coefficient (Wildman–Crippen LogP) is 1.79. The third kappa shape index (κ3) is 4.78. The molecule has 1 aliphatic carbocycles. The van der Waals surface area contributed by atoms with E-state index >= 15 is 0 Å². The van der Waals surface area contributed by atoms with Crippen LogP contribution < -0.4 is 44.9 Å². The Balaban J connectivity index is 0.00000267. The van der Waals surface area contributed by atoms with Gasteiger partial charge in [-0.1, -0.05) is 65.7 Å². The number of anilines is 1. The normalized spacial score (nSPS) is 15.2. The molecule has 36 heavy (non-hydrogen) atoms. The van der Waals surface area contributed by atoms with Crippen LogP contribution in [-0.2, 0) is 18.5 Å². The minimum atomic E-state index is -0.352. The van der Waals surface area contributed by atoms with Crippen molar-refractivity contribution in [2.45, 2.75) is 31.3 Å². The zero-order valence-electron chi connectivity index (χ0n) is 19.7. The maximum Gasteiger partial charge on any atom is 1.00 e. The van der Waals surface area contributed by atoms with E-state index in [1.54, 1.807) is 0 Å². The molecule has 1 fully saturated rings. The van der Waals surface area contributed by atoms with Crippen molar-refractivity contribution >= 4 is 34.8 Å². The maximum atomic E-state index is 13.6. The number of carbonyl (C=O) groups excluding carboxylic acids is 1. The van der Waals surface area contributed by atoms with Crippen LogP contribution in [0.5, 0.6) is 0 Å². The number of rotatable bonds is 6. The Morgan fingerprint density at radius 3 is 2.56 bits per heavy atom. The quantitative estimate of drug-likeness (QED) is 0.385. The van der Waals surface area contributed by atoms with Gasteiger partial charge in [0.05, 0.1) is 26.8 Å². The second kappa shape index (κ2) is 10.1. The Hall–Kier alpha value is -2.42. The summed E-state index contributed by atoms with van der Waals surface area (Å²) >= 11 is 12.3. The zero-order chi connectivity index (χ0) is 24.0. The Morgan fingerprint density at radius 2 is 1.86 bits per heavy atom. The van der Waals surface area contributed by atoms with Gasteiger partial charge in [0.15, 0.2) is 0 Å². The van der Waals surface area contributed by atoms with Gasteiger partial charge in [-0.15, -0.1) is 0 Å². The van der Waals surface area contributed by atoms with E-state index in [0.717, 1.165) is 48.2 Å². The Labute approximate surface area is 240 Å². The molecule has 1 aromatic heterocycles. The van der Waals surface area contributed by atoms with Gasteiger partial charge >= 0.3 is 29.6 Å². The number of aromatic nitrogens is 4. The van der Waals surface area contributed by atoms with Crippen LogP contribution in [0.4, 0.5) is 5.69 Å². The summed E-state index contributed by atoms with van der Waals surface area (Å²) in [4.78, 5) is 15.8. The molecule has 6 rings (SSSR count). The monoisotopic (exact) mass is 526 g/mol. The van der Waals surface area contributed by atoms with E-state index in [4.69, 9.17) is 23.2 Å². The molecule has 1 amide bonds. The predicted molar refractivity (Wildman–Crippen MR) is 135 cm³/mol. The molecule has 176 valence electrons.